The number of nitrogen functional groups attached to an aromatic ring is 1. The third-order valence-electron chi connectivity index (χ3n) is 2.48. The second-order valence-corrected chi connectivity index (χ2v) is 6.19. The van der Waals surface area contributed by atoms with Crippen molar-refractivity contribution < 1.29 is 4.79 Å². The predicted molar refractivity (Wildman–Crippen MR) is 76.2 cm³/mol. The van der Waals surface area contributed by atoms with Gasteiger partial charge in [-0.25, -0.2) is 4.98 Å². The Morgan fingerprint density at radius 3 is 2.94 bits per heavy atom. The molecule has 2 aromatic heterocycles. The first-order chi connectivity index (χ1) is 8.56. The van der Waals surface area contributed by atoms with Crippen LogP contribution in [0.2, 0.25) is 0 Å². The molecular formula is C12H15N3OS2. The number of hydrogen-bond acceptors (Lipinski definition) is 5. The number of amides is 1. The van der Waals surface area contributed by atoms with Crippen LogP contribution in [0.15, 0.2) is 17.5 Å². The molecule has 2 heterocycles. The summed E-state index contributed by atoms with van der Waals surface area (Å²) < 4.78 is 0. The van der Waals surface area contributed by atoms with Crippen molar-refractivity contribution in [3.05, 3.63) is 33.0 Å². The first kappa shape index (κ1) is 13.0. The Morgan fingerprint density at radius 1 is 1.61 bits per heavy atom. The fourth-order valence-corrected chi connectivity index (χ4v) is 3.27. The first-order valence-corrected chi connectivity index (χ1v) is 7.32. The average molecular weight is 281 g/mol. The highest BCUT2D eigenvalue weighted by molar-refractivity contribution is 7.17. The second-order valence-electron chi connectivity index (χ2n) is 4.12. The monoisotopic (exact) mass is 281 g/mol. The Kier molecular flexibility index (Phi) is 3.98. The van der Waals surface area contributed by atoms with Gasteiger partial charge in [-0.05, 0) is 25.3 Å². The lowest BCUT2D eigenvalue weighted by Crippen LogP contribution is -2.33. The van der Waals surface area contributed by atoms with Crippen LogP contribution in [-0.4, -0.2) is 16.9 Å². The summed E-state index contributed by atoms with van der Waals surface area (Å²) in [4.78, 5) is 17.9. The Balaban J connectivity index is 1.97. The van der Waals surface area contributed by atoms with E-state index in [1.54, 1.807) is 18.3 Å². The number of hydrogen-bond donors (Lipinski definition) is 2. The zero-order valence-corrected chi connectivity index (χ0v) is 11.9. The molecule has 0 radical (unpaired) electrons. The minimum atomic E-state index is -0.0919. The van der Waals surface area contributed by atoms with Gasteiger partial charge in [-0.3, -0.25) is 4.79 Å². The smallest absolute Gasteiger partial charge is 0.263 e. The number of nitrogens with one attached hydrogen (secondary N) is 1. The summed E-state index contributed by atoms with van der Waals surface area (Å²) in [5.74, 6) is -0.0919. The Bertz CT molecular complexity index is 534. The van der Waals surface area contributed by atoms with Crippen molar-refractivity contribution in [3.63, 3.8) is 0 Å². The number of nitrogens with zero attached hydrogens (tertiary/aromatic N) is 1. The molecule has 1 atom stereocenters. The zero-order valence-electron chi connectivity index (χ0n) is 10.3. The predicted octanol–water partition coefficient (Wildman–Crippen LogP) is 2.46. The van der Waals surface area contributed by atoms with E-state index in [1.807, 2.05) is 18.4 Å². The van der Waals surface area contributed by atoms with Crippen LogP contribution in [0.4, 0.5) is 5.13 Å². The standard InChI is InChI=1S/C12H15N3OS2/c1-7(6-9-4-3-5-17-9)14-11(16)10-8(2)15-12(13)18-10/h3-5,7H,6H2,1-2H3,(H2,13,15)(H,14,16). The summed E-state index contributed by atoms with van der Waals surface area (Å²) in [6.07, 6.45) is 0.844. The zero-order chi connectivity index (χ0) is 13.1. The SMILES string of the molecule is Cc1nc(N)sc1C(=O)NC(C)Cc1cccs1. The third-order valence-corrected chi connectivity index (χ3v) is 4.37. The molecule has 1 unspecified atom stereocenters. The van der Waals surface area contributed by atoms with Crippen molar-refractivity contribution in [2.75, 3.05) is 5.73 Å². The highest BCUT2D eigenvalue weighted by atomic mass is 32.1. The van der Waals surface area contributed by atoms with E-state index in [1.165, 1.54) is 16.2 Å². The normalized spacial score (nSPS) is 12.3. The third kappa shape index (κ3) is 3.08. The van der Waals surface area contributed by atoms with Crippen molar-refractivity contribution in [2.24, 2.45) is 0 Å². The average Bonchev–Trinajstić information content (AvgIpc) is 2.88. The number of carbonyl (C=O) groups excluding carboxylic acids is 1. The van der Waals surface area contributed by atoms with Crippen LogP contribution in [0.5, 0.6) is 0 Å². The summed E-state index contributed by atoms with van der Waals surface area (Å²) in [6, 6.07) is 4.19. The van der Waals surface area contributed by atoms with Gasteiger partial charge in [0.25, 0.3) is 5.91 Å². The van der Waals surface area contributed by atoms with Crippen LogP contribution >= 0.6 is 22.7 Å². The van der Waals surface area contributed by atoms with E-state index in [0.717, 1.165) is 6.42 Å². The maximum absolute atomic E-state index is 12.0. The molecule has 0 fully saturated rings. The van der Waals surface area contributed by atoms with E-state index >= 15 is 0 Å². The molecule has 3 N–H and O–H groups in total. The first-order valence-electron chi connectivity index (χ1n) is 5.62. The van der Waals surface area contributed by atoms with Gasteiger partial charge in [-0.1, -0.05) is 17.4 Å². The molecule has 0 aliphatic carbocycles. The van der Waals surface area contributed by atoms with Gasteiger partial charge in [-0.15, -0.1) is 11.3 Å². The van der Waals surface area contributed by atoms with Crippen molar-refractivity contribution >= 4 is 33.7 Å². The highest BCUT2D eigenvalue weighted by Gasteiger charge is 2.16. The fraction of sp³-hybridized carbons (Fsp3) is 0.333. The second kappa shape index (κ2) is 5.49. The van der Waals surface area contributed by atoms with E-state index in [2.05, 4.69) is 16.4 Å². The summed E-state index contributed by atoms with van der Waals surface area (Å²) in [7, 11) is 0. The molecule has 0 aromatic carbocycles. The quantitative estimate of drug-likeness (QED) is 0.904. The molecule has 0 aliphatic rings. The molecule has 18 heavy (non-hydrogen) atoms. The van der Waals surface area contributed by atoms with Crippen LogP contribution in [0.25, 0.3) is 0 Å². The van der Waals surface area contributed by atoms with Crippen molar-refractivity contribution in [1.29, 1.82) is 0 Å². The molecule has 0 bridgehead atoms. The molecule has 0 spiro atoms. The molecule has 96 valence electrons. The van der Waals surface area contributed by atoms with Gasteiger partial charge in [0.15, 0.2) is 5.13 Å². The van der Waals surface area contributed by atoms with E-state index in [4.69, 9.17) is 5.73 Å². The van der Waals surface area contributed by atoms with Gasteiger partial charge in [0, 0.05) is 17.3 Å². The highest BCUT2D eigenvalue weighted by Crippen LogP contribution is 2.19. The maximum Gasteiger partial charge on any atom is 0.263 e. The van der Waals surface area contributed by atoms with E-state index in [-0.39, 0.29) is 11.9 Å². The number of thiophene rings is 1. The Labute approximate surface area is 114 Å². The fourth-order valence-electron chi connectivity index (χ4n) is 1.70. The van der Waals surface area contributed by atoms with Gasteiger partial charge in [0.2, 0.25) is 0 Å². The Hall–Kier alpha value is -1.40. The van der Waals surface area contributed by atoms with E-state index in [0.29, 0.717) is 15.7 Å². The molecule has 2 rings (SSSR count). The topological polar surface area (TPSA) is 68.0 Å². The lowest BCUT2D eigenvalue weighted by atomic mass is 10.2. The van der Waals surface area contributed by atoms with Crippen LogP contribution in [0, 0.1) is 6.92 Å². The summed E-state index contributed by atoms with van der Waals surface area (Å²) in [6.45, 7) is 3.79. The van der Waals surface area contributed by atoms with Crippen molar-refractivity contribution in [3.8, 4) is 0 Å². The molecule has 0 saturated heterocycles. The van der Waals surface area contributed by atoms with Crippen LogP contribution < -0.4 is 11.1 Å². The number of anilines is 1. The molecule has 6 heteroatoms. The molecule has 1 amide bonds. The molecule has 0 saturated carbocycles. The summed E-state index contributed by atoms with van der Waals surface area (Å²) >= 11 is 2.93. The minimum Gasteiger partial charge on any atom is -0.375 e. The summed E-state index contributed by atoms with van der Waals surface area (Å²) in [5.41, 5.74) is 6.28. The lowest BCUT2D eigenvalue weighted by Gasteiger charge is -2.12. The molecule has 2 aromatic rings. The van der Waals surface area contributed by atoms with Gasteiger partial charge < -0.3 is 11.1 Å². The van der Waals surface area contributed by atoms with Gasteiger partial charge in [-0.2, -0.15) is 0 Å². The van der Waals surface area contributed by atoms with Crippen molar-refractivity contribution in [2.45, 2.75) is 26.3 Å². The largest absolute Gasteiger partial charge is 0.375 e. The molecule has 0 aliphatic heterocycles. The maximum atomic E-state index is 12.0. The number of rotatable bonds is 4. The Morgan fingerprint density at radius 2 is 2.39 bits per heavy atom. The number of thiazole rings is 1. The van der Waals surface area contributed by atoms with Crippen molar-refractivity contribution in [1.82, 2.24) is 10.3 Å². The number of aromatic nitrogens is 1. The molecular weight excluding hydrogens is 266 g/mol. The van der Waals surface area contributed by atoms with Gasteiger partial charge in [0.1, 0.15) is 4.88 Å². The number of aryl methyl sites for hydroxylation is 1. The number of carbonyl (C=O) groups is 1. The lowest BCUT2D eigenvalue weighted by molar-refractivity contribution is 0.0943. The van der Waals surface area contributed by atoms with Gasteiger partial charge >= 0.3 is 0 Å². The van der Waals surface area contributed by atoms with Crippen LogP contribution in [-0.2, 0) is 6.42 Å². The van der Waals surface area contributed by atoms with Crippen LogP contribution in [0.1, 0.15) is 27.2 Å². The van der Waals surface area contributed by atoms with Crippen LogP contribution in [0.3, 0.4) is 0 Å². The summed E-state index contributed by atoms with van der Waals surface area (Å²) in [5, 5.41) is 5.44. The molecule has 4 nitrogen and oxygen atoms in total. The van der Waals surface area contributed by atoms with E-state index in [9.17, 15) is 4.79 Å². The van der Waals surface area contributed by atoms with Gasteiger partial charge in [0.05, 0.1) is 5.69 Å². The van der Waals surface area contributed by atoms with E-state index < -0.39 is 0 Å². The number of nitrogens with two attached hydrogens (primary N) is 1. The minimum absolute atomic E-state index is 0.0919.